The number of methoxy groups -OCH3 is 1. The van der Waals surface area contributed by atoms with E-state index >= 15 is 0 Å². The number of aromatic nitrogens is 2. The van der Waals surface area contributed by atoms with E-state index in [4.69, 9.17) is 4.74 Å². The first-order valence-electron chi connectivity index (χ1n) is 4.38. The van der Waals surface area contributed by atoms with Gasteiger partial charge in [0, 0.05) is 25.8 Å². The highest BCUT2D eigenvalue weighted by atomic mass is 79.9. The highest BCUT2D eigenvalue weighted by Crippen LogP contribution is 2.13. The highest BCUT2D eigenvalue weighted by molar-refractivity contribution is 9.10. The quantitative estimate of drug-likeness (QED) is 0.858. The molecule has 4 nitrogen and oxygen atoms in total. The molecule has 5 heteroatoms. The van der Waals surface area contributed by atoms with Crippen molar-refractivity contribution in [2.24, 2.45) is 0 Å². The molecule has 14 heavy (non-hydrogen) atoms. The minimum absolute atomic E-state index is 0.284. The normalized spacial score (nSPS) is 12.8. The standard InChI is InChI=1S/C9H14BrN3O/c1-11-7(5-14-2)3-9-8(10)4-12-6-13-9/h4,6-7,11H,3,5H2,1-2H3. The number of nitrogens with one attached hydrogen (secondary N) is 1. The van der Waals surface area contributed by atoms with Crippen LogP contribution in [-0.2, 0) is 11.2 Å². The minimum atomic E-state index is 0.284. The van der Waals surface area contributed by atoms with Crippen LogP contribution in [0.5, 0.6) is 0 Å². The van der Waals surface area contributed by atoms with E-state index in [0.717, 1.165) is 16.6 Å². The Kier molecular flexibility index (Phi) is 5.00. The topological polar surface area (TPSA) is 47.0 Å². The molecule has 1 rings (SSSR count). The van der Waals surface area contributed by atoms with E-state index in [1.165, 1.54) is 0 Å². The van der Waals surface area contributed by atoms with Gasteiger partial charge in [0.25, 0.3) is 0 Å². The first-order valence-corrected chi connectivity index (χ1v) is 5.17. The van der Waals surface area contributed by atoms with Gasteiger partial charge in [0.2, 0.25) is 0 Å². The summed E-state index contributed by atoms with van der Waals surface area (Å²) in [6.07, 6.45) is 4.13. The van der Waals surface area contributed by atoms with Gasteiger partial charge < -0.3 is 10.1 Å². The minimum Gasteiger partial charge on any atom is -0.383 e. The van der Waals surface area contributed by atoms with Crippen molar-refractivity contribution in [1.82, 2.24) is 15.3 Å². The molecular weight excluding hydrogens is 246 g/mol. The molecule has 0 radical (unpaired) electrons. The zero-order valence-electron chi connectivity index (χ0n) is 8.33. The lowest BCUT2D eigenvalue weighted by molar-refractivity contribution is 0.169. The Bertz CT molecular complexity index is 283. The molecular formula is C9H14BrN3O. The number of ether oxygens (including phenoxy) is 1. The van der Waals surface area contributed by atoms with Crippen molar-refractivity contribution in [1.29, 1.82) is 0 Å². The Morgan fingerprint density at radius 3 is 3.00 bits per heavy atom. The van der Waals surface area contributed by atoms with Crippen LogP contribution in [0.25, 0.3) is 0 Å². The van der Waals surface area contributed by atoms with Crippen LogP contribution in [-0.4, -0.2) is 36.8 Å². The van der Waals surface area contributed by atoms with Crippen LogP contribution in [0, 0.1) is 0 Å². The van der Waals surface area contributed by atoms with Crippen molar-refractivity contribution < 1.29 is 4.74 Å². The van der Waals surface area contributed by atoms with Crippen LogP contribution >= 0.6 is 15.9 Å². The summed E-state index contributed by atoms with van der Waals surface area (Å²) in [7, 11) is 3.61. The molecule has 0 aliphatic rings. The fourth-order valence-corrected chi connectivity index (χ4v) is 1.55. The lowest BCUT2D eigenvalue weighted by atomic mass is 10.1. The third kappa shape index (κ3) is 3.32. The summed E-state index contributed by atoms with van der Waals surface area (Å²) in [5, 5.41) is 3.17. The van der Waals surface area contributed by atoms with Crippen molar-refractivity contribution in [3.05, 3.63) is 22.7 Å². The Morgan fingerprint density at radius 1 is 1.64 bits per heavy atom. The van der Waals surface area contributed by atoms with Gasteiger partial charge in [0.1, 0.15) is 6.33 Å². The summed E-state index contributed by atoms with van der Waals surface area (Å²) < 4.78 is 6.03. The summed E-state index contributed by atoms with van der Waals surface area (Å²) >= 11 is 3.41. The summed E-state index contributed by atoms with van der Waals surface area (Å²) in [5.41, 5.74) is 0.997. The lowest BCUT2D eigenvalue weighted by Gasteiger charge is -2.14. The van der Waals surface area contributed by atoms with Gasteiger partial charge in [0.15, 0.2) is 0 Å². The zero-order chi connectivity index (χ0) is 10.4. The summed E-state index contributed by atoms with van der Waals surface area (Å²) in [4.78, 5) is 8.11. The summed E-state index contributed by atoms with van der Waals surface area (Å²) in [5.74, 6) is 0. The van der Waals surface area contributed by atoms with Crippen molar-refractivity contribution in [2.45, 2.75) is 12.5 Å². The Hall–Kier alpha value is -0.520. The second-order valence-electron chi connectivity index (χ2n) is 2.96. The molecule has 1 aromatic heterocycles. The van der Waals surface area contributed by atoms with E-state index in [-0.39, 0.29) is 6.04 Å². The van der Waals surface area contributed by atoms with E-state index in [1.807, 2.05) is 7.05 Å². The number of rotatable bonds is 5. The highest BCUT2D eigenvalue weighted by Gasteiger charge is 2.09. The van der Waals surface area contributed by atoms with Crippen LogP contribution in [0.4, 0.5) is 0 Å². The fourth-order valence-electron chi connectivity index (χ4n) is 1.17. The maximum atomic E-state index is 5.09. The molecule has 0 aromatic carbocycles. The Balaban J connectivity index is 2.62. The molecule has 1 atom stereocenters. The SMILES string of the molecule is CNC(COC)Cc1ncncc1Br. The summed E-state index contributed by atoms with van der Waals surface area (Å²) in [6, 6.07) is 0.284. The molecule has 78 valence electrons. The zero-order valence-corrected chi connectivity index (χ0v) is 9.91. The molecule has 0 aliphatic carbocycles. The second kappa shape index (κ2) is 6.06. The van der Waals surface area contributed by atoms with E-state index in [0.29, 0.717) is 6.61 Å². The predicted octanol–water partition coefficient (Wildman–Crippen LogP) is 1.02. The molecule has 0 saturated carbocycles. The molecule has 0 amide bonds. The van der Waals surface area contributed by atoms with Gasteiger partial charge in [-0.15, -0.1) is 0 Å². The third-order valence-electron chi connectivity index (χ3n) is 1.96. The van der Waals surface area contributed by atoms with Gasteiger partial charge in [-0.05, 0) is 23.0 Å². The predicted molar refractivity (Wildman–Crippen MR) is 58.2 cm³/mol. The van der Waals surface area contributed by atoms with Gasteiger partial charge >= 0.3 is 0 Å². The van der Waals surface area contributed by atoms with Crippen LogP contribution in [0.2, 0.25) is 0 Å². The van der Waals surface area contributed by atoms with Crippen molar-refractivity contribution in [3.8, 4) is 0 Å². The van der Waals surface area contributed by atoms with Crippen molar-refractivity contribution in [2.75, 3.05) is 20.8 Å². The average Bonchev–Trinajstić information content (AvgIpc) is 2.20. The number of nitrogens with zero attached hydrogens (tertiary/aromatic N) is 2. The van der Waals surface area contributed by atoms with Crippen LogP contribution in [0.1, 0.15) is 5.69 Å². The fraction of sp³-hybridized carbons (Fsp3) is 0.556. The van der Waals surface area contributed by atoms with Crippen molar-refractivity contribution in [3.63, 3.8) is 0 Å². The molecule has 0 fully saturated rings. The summed E-state index contributed by atoms with van der Waals surface area (Å²) in [6.45, 7) is 0.674. The number of hydrogen-bond acceptors (Lipinski definition) is 4. The number of hydrogen-bond donors (Lipinski definition) is 1. The first kappa shape index (κ1) is 11.6. The molecule has 0 saturated heterocycles. The Morgan fingerprint density at radius 2 is 2.43 bits per heavy atom. The van der Waals surface area contributed by atoms with E-state index in [2.05, 4.69) is 31.2 Å². The van der Waals surface area contributed by atoms with Gasteiger partial charge in [-0.25, -0.2) is 9.97 Å². The van der Waals surface area contributed by atoms with E-state index < -0.39 is 0 Å². The van der Waals surface area contributed by atoms with Crippen molar-refractivity contribution >= 4 is 15.9 Å². The van der Waals surface area contributed by atoms with E-state index in [1.54, 1.807) is 19.6 Å². The smallest absolute Gasteiger partial charge is 0.115 e. The van der Waals surface area contributed by atoms with Gasteiger partial charge in [-0.1, -0.05) is 0 Å². The first-order chi connectivity index (χ1) is 6.77. The Labute approximate surface area is 92.2 Å². The van der Waals surface area contributed by atoms with E-state index in [9.17, 15) is 0 Å². The molecule has 1 aromatic rings. The molecule has 1 heterocycles. The largest absolute Gasteiger partial charge is 0.383 e. The van der Waals surface area contributed by atoms with Gasteiger partial charge in [0.05, 0.1) is 16.8 Å². The number of likely N-dealkylation sites (N-methyl/N-ethyl adjacent to an activating group) is 1. The second-order valence-corrected chi connectivity index (χ2v) is 3.82. The maximum Gasteiger partial charge on any atom is 0.115 e. The van der Waals surface area contributed by atoms with Crippen LogP contribution in [0.3, 0.4) is 0 Å². The lowest BCUT2D eigenvalue weighted by Crippen LogP contribution is -2.32. The molecule has 1 unspecified atom stereocenters. The molecule has 0 aliphatic heterocycles. The maximum absolute atomic E-state index is 5.09. The van der Waals surface area contributed by atoms with Crippen LogP contribution < -0.4 is 5.32 Å². The molecule has 0 bridgehead atoms. The monoisotopic (exact) mass is 259 g/mol. The number of halogens is 1. The molecule has 0 spiro atoms. The van der Waals surface area contributed by atoms with Gasteiger partial charge in [-0.3, -0.25) is 0 Å². The molecule has 1 N–H and O–H groups in total. The average molecular weight is 260 g/mol. The van der Waals surface area contributed by atoms with Gasteiger partial charge in [-0.2, -0.15) is 0 Å². The van der Waals surface area contributed by atoms with Crippen LogP contribution in [0.15, 0.2) is 17.0 Å². The third-order valence-corrected chi connectivity index (χ3v) is 2.62.